The van der Waals surface area contributed by atoms with Gasteiger partial charge in [0.25, 0.3) is 5.91 Å². The number of aryl methyl sites for hydroxylation is 1. The molecule has 0 bridgehead atoms. The van der Waals surface area contributed by atoms with E-state index in [9.17, 15) is 14.9 Å². The SMILES string of the molecule is CCCCCC(C)NC(=O)COc1ccc(C)cc1[N+](=O)[O-]. The quantitative estimate of drug-likeness (QED) is 0.431. The Hall–Kier alpha value is -2.11. The van der Waals surface area contributed by atoms with Crippen LogP contribution in [0.1, 0.15) is 45.1 Å². The lowest BCUT2D eigenvalue weighted by Gasteiger charge is -2.14. The molecular weight excluding hydrogens is 284 g/mol. The Labute approximate surface area is 131 Å². The molecule has 0 aromatic heterocycles. The van der Waals surface area contributed by atoms with Gasteiger partial charge in [-0.25, -0.2) is 0 Å². The second-order valence-corrected chi connectivity index (χ2v) is 5.48. The van der Waals surface area contributed by atoms with Crippen LogP contribution in [0, 0.1) is 17.0 Å². The predicted molar refractivity (Wildman–Crippen MR) is 85.1 cm³/mol. The average molecular weight is 308 g/mol. The van der Waals surface area contributed by atoms with Crippen LogP contribution in [0.2, 0.25) is 0 Å². The summed E-state index contributed by atoms with van der Waals surface area (Å²) in [6, 6.07) is 4.75. The van der Waals surface area contributed by atoms with Gasteiger partial charge in [-0.15, -0.1) is 0 Å². The summed E-state index contributed by atoms with van der Waals surface area (Å²) >= 11 is 0. The maximum absolute atomic E-state index is 11.8. The second kappa shape index (κ2) is 9.02. The third-order valence-electron chi connectivity index (χ3n) is 3.32. The topological polar surface area (TPSA) is 81.5 Å². The Bertz CT molecular complexity index is 517. The molecule has 22 heavy (non-hydrogen) atoms. The third kappa shape index (κ3) is 6.11. The van der Waals surface area contributed by atoms with Gasteiger partial charge in [-0.1, -0.05) is 32.3 Å². The van der Waals surface area contributed by atoms with E-state index in [2.05, 4.69) is 12.2 Å². The first-order chi connectivity index (χ1) is 10.4. The molecule has 6 nitrogen and oxygen atoms in total. The molecular formula is C16H24N2O4. The fourth-order valence-electron chi connectivity index (χ4n) is 2.12. The van der Waals surface area contributed by atoms with E-state index >= 15 is 0 Å². The van der Waals surface area contributed by atoms with Crippen molar-refractivity contribution in [1.82, 2.24) is 5.32 Å². The molecule has 1 unspecified atom stereocenters. The summed E-state index contributed by atoms with van der Waals surface area (Å²) < 4.78 is 5.29. The van der Waals surface area contributed by atoms with Gasteiger partial charge >= 0.3 is 5.69 Å². The lowest BCUT2D eigenvalue weighted by Crippen LogP contribution is -2.36. The highest BCUT2D eigenvalue weighted by Gasteiger charge is 2.16. The molecule has 6 heteroatoms. The van der Waals surface area contributed by atoms with Crippen LogP contribution in [-0.2, 0) is 4.79 Å². The first-order valence-electron chi connectivity index (χ1n) is 7.61. The van der Waals surface area contributed by atoms with Crippen LogP contribution < -0.4 is 10.1 Å². The molecule has 1 aromatic rings. The summed E-state index contributed by atoms with van der Waals surface area (Å²) in [7, 11) is 0. The summed E-state index contributed by atoms with van der Waals surface area (Å²) in [5, 5.41) is 13.8. The Morgan fingerprint density at radius 3 is 2.77 bits per heavy atom. The van der Waals surface area contributed by atoms with E-state index in [-0.39, 0.29) is 30.0 Å². The van der Waals surface area contributed by atoms with E-state index < -0.39 is 4.92 Å². The fraction of sp³-hybridized carbons (Fsp3) is 0.562. The summed E-state index contributed by atoms with van der Waals surface area (Å²) in [5.41, 5.74) is 0.650. The molecule has 1 atom stereocenters. The maximum atomic E-state index is 11.8. The second-order valence-electron chi connectivity index (χ2n) is 5.48. The molecule has 1 rings (SSSR count). The Balaban J connectivity index is 2.49. The van der Waals surface area contributed by atoms with Crippen LogP contribution in [-0.4, -0.2) is 23.5 Å². The number of nitro benzene ring substituents is 1. The number of carbonyl (C=O) groups excluding carboxylic acids is 1. The molecule has 0 aliphatic carbocycles. The van der Waals surface area contributed by atoms with Crippen LogP contribution >= 0.6 is 0 Å². The van der Waals surface area contributed by atoms with Crippen molar-refractivity contribution in [2.75, 3.05) is 6.61 Å². The smallest absolute Gasteiger partial charge is 0.311 e. The van der Waals surface area contributed by atoms with Crippen molar-refractivity contribution >= 4 is 11.6 Å². The molecule has 1 N–H and O–H groups in total. The van der Waals surface area contributed by atoms with Crippen molar-refractivity contribution in [3.05, 3.63) is 33.9 Å². The highest BCUT2D eigenvalue weighted by molar-refractivity contribution is 5.78. The van der Waals surface area contributed by atoms with Gasteiger partial charge in [0.1, 0.15) is 0 Å². The minimum absolute atomic E-state index is 0.0793. The number of amides is 1. The minimum atomic E-state index is -0.506. The van der Waals surface area contributed by atoms with Gasteiger partial charge in [0.2, 0.25) is 0 Å². The number of nitrogens with one attached hydrogen (secondary N) is 1. The number of unbranched alkanes of at least 4 members (excludes halogenated alkanes) is 2. The van der Waals surface area contributed by atoms with Crippen molar-refractivity contribution in [1.29, 1.82) is 0 Å². The summed E-state index contributed by atoms with van der Waals surface area (Å²) in [6.07, 6.45) is 4.28. The van der Waals surface area contributed by atoms with E-state index in [4.69, 9.17) is 4.74 Å². The van der Waals surface area contributed by atoms with Crippen LogP contribution in [0.3, 0.4) is 0 Å². The van der Waals surface area contributed by atoms with Crippen molar-refractivity contribution in [2.24, 2.45) is 0 Å². The highest BCUT2D eigenvalue weighted by atomic mass is 16.6. The van der Waals surface area contributed by atoms with E-state index in [0.717, 1.165) is 31.2 Å². The van der Waals surface area contributed by atoms with Gasteiger partial charge in [0.05, 0.1) is 4.92 Å². The van der Waals surface area contributed by atoms with Crippen LogP contribution in [0.25, 0.3) is 0 Å². The normalized spacial score (nSPS) is 11.8. The van der Waals surface area contributed by atoms with Crippen LogP contribution in [0.5, 0.6) is 5.75 Å². The summed E-state index contributed by atoms with van der Waals surface area (Å²) in [6.45, 7) is 5.62. The van der Waals surface area contributed by atoms with Gasteiger partial charge in [0.15, 0.2) is 12.4 Å². The van der Waals surface area contributed by atoms with E-state index in [1.54, 1.807) is 13.0 Å². The van der Waals surface area contributed by atoms with Crippen molar-refractivity contribution < 1.29 is 14.5 Å². The lowest BCUT2D eigenvalue weighted by atomic mass is 10.1. The number of benzene rings is 1. The molecule has 0 heterocycles. The third-order valence-corrected chi connectivity index (χ3v) is 3.32. The van der Waals surface area contributed by atoms with E-state index in [1.165, 1.54) is 12.1 Å². The zero-order valence-corrected chi connectivity index (χ0v) is 13.4. The Morgan fingerprint density at radius 1 is 1.41 bits per heavy atom. The standard InChI is InChI=1S/C16H24N2O4/c1-4-5-6-7-13(3)17-16(19)11-22-15-9-8-12(2)10-14(15)18(20)21/h8-10,13H,4-7,11H2,1-3H3,(H,17,19). The van der Waals surface area contributed by atoms with Gasteiger partial charge in [0, 0.05) is 12.1 Å². The van der Waals surface area contributed by atoms with E-state index in [1.807, 2.05) is 6.92 Å². The zero-order chi connectivity index (χ0) is 16.5. The number of carbonyl (C=O) groups is 1. The van der Waals surface area contributed by atoms with Crippen LogP contribution in [0.4, 0.5) is 5.69 Å². The van der Waals surface area contributed by atoms with Gasteiger partial charge < -0.3 is 10.1 Å². The molecule has 1 amide bonds. The van der Waals surface area contributed by atoms with Crippen molar-refractivity contribution in [3.63, 3.8) is 0 Å². The van der Waals surface area contributed by atoms with E-state index in [0.29, 0.717) is 0 Å². The summed E-state index contributed by atoms with van der Waals surface area (Å²) in [4.78, 5) is 22.3. The molecule has 122 valence electrons. The molecule has 0 saturated heterocycles. The molecule has 0 saturated carbocycles. The highest BCUT2D eigenvalue weighted by Crippen LogP contribution is 2.27. The predicted octanol–water partition coefficient (Wildman–Crippen LogP) is 3.37. The van der Waals surface area contributed by atoms with Gasteiger partial charge in [-0.05, 0) is 31.9 Å². The van der Waals surface area contributed by atoms with Crippen molar-refractivity contribution in [2.45, 2.75) is 52.5 Å². The molecule has 0 spiro atoms. The number of nitro groups is 1. The fourth-order valence-corrected chi connectivity index (χ4v) is 2.12. The first-order valence-corrected chi connectivity index (χ1v) is 7.61. The minimum Gasteiger partial charge on any atom is -0.477 e. The molecule has 0 aliphatic heterocycles. The summed E-state index contributed by atoms with van der Waals surface area (Å²) in [5.74, 6) is -0.150. The number of nitrogens with zero attached hydrogens (tertiary/aromatic N) is 1. The molecule has 0 radical (unpaired) electrons. The van der Waals surface area contributed by atoms with Crippen LogP contribution in [0.15, 0.2) is 18.2 Å². The Kier molecular flexibility index (Phi) is 7.36. The van der Waals surface area contributed by atoms with Crippen molar-refractivity contribution in [3.8, 4) is 5.75 Å². The first kappa shape index (κ1) is 17.9. The number of hydrogen-bond acceptors (Lipinski definition) is 4. The lowest BCUT2D eigenvalue weighted by molar-refractivity contribution is -0.385. The maximum Gasteiger partial charge on any atom is 0.311 e. The van der Waals surface area contributed by atoms with Gasteiger partial charge in [-0.3, -0.25) is 14.9 Å². The molecule has 1 aromatic carbocycles. The Morgan fingerprint density at radius 2 is 2.14 bits per heavy atom. The number of rotatable bonds is 9. The van der Waals surface area contributed by atoms with Gasteiger partial charge in [-0.2, -0.15) is 0 Å². The molecule has 0 fully saturated rings. The largest absolute Gasteiger partial charge is 0.477 e. The average Bonchev–Trinajstić information content (AvgIpc) is 2.46. The number of hydrogen-bond donors (Lipinski definition) is 1. The monoisotopic (exact) mass is 308 g/mol. The zero-order valence-electron chi connectivity index (χ0n) is 13.4. The number of ether oxygens (including phenoxy) is 1. The molecule has 0 aliphatic rings.